The molecule has 3 aromatic rings. The van der Waals surface area contributed by atoms with Crippen molar-refractivity contribution in [3.05, 3.63) is 75.2 Å². The van der Waals surface area contributed by atoms with Gasteiger partial charge < -0.3 is 4.74 Å². The Balaban J connectivity index is 1.42. The number of benzene rings is 2. The van der Waals surface area contributed by atoms with Gasteiger partial charge in [0, 0.05) is 10.9 Å². The number of ketones is 1. The number of ether oxygens (including phenoxy) is 1. The number of aryl methyl sites for hydroxylation is 2. The number of esters is 1. The molecule has 142 valence electrons. The first-order valence-electron chi connectivity index (χ1n) is 9.39. The van der Waals surface area contributed by atoms with Crippen LogP contribution in [0, 0.1) is 0 Å². The lowest BCUT2D eigenvalue weighted by Crippen LogP contribution is -2.18. The van der Waals surface area contributed by atoms with Crippen molar-refractivity contribution in [3.8, 4) is 0 Å². The number of aromatic nitrogens is 2. The van der Waals surface area contributed by atoms with Gasteiger partial charge in [0.05, 0.1) is 17.5 Å². The fourth-order valence-electron chi connectivity index (χ4n) is 3.63. The van der Waals surface area contributed by atoms with Crippen LogP contribution in [0.25, 0.3) is 10.8 Å². The lowest BCUT2D eigenvalue weighted by molar-refractivity contribution is -0.141. The number of fused-ring (bicyclic) bond motifs is 2. The number of H-pyrrole nitrogens is 1. The maximum Gasteiger partial charge on any atom is 0.312 e. The van der Waals surface area contributed by atoms with Gasteiger partial charge >= 0.3 is 5.97 Å². The van der Waals surface area contributed by atoms with E-state index >= 15 is 0 Å². The van der Waals surface area contributed by atoms with Crippen molar-refractivity contribution in [3.63, 3.8) is 0 Å². The summed E-state index contributed by atoms with van der Waals surface area (Å²) in [6, 6.07) is 12.6. The molecule has 6 nitrogen and oxygen atoms in total. The third kappa shape index (κ3) is 3.71. The fourth-order valence-corrected chi connectivity index (χ4v) is 3.63. The number of nitrogens with zero attached hydrogens (tertiary/aromatic N) is 1. The maximum absolute atomic E-state index is 12.4. The quantitative estimate of drug-likeness (QED) is 0.546. The summed E-state index contributed by atoms with van der Waals surface area (Å²) in [6.45, 7) is -0.307. The van der Waals surface area contributed by atoms with E-state index in [9.17, 15) is 14.4 Å². The summed E-state index contributed by atoms with van der Waals surface area (Å²) >= 11 is 0. The molecule has 0 fully saturated rings. The number of carbonyl (C=O) groups excluding carboxylic acids is 2. The van der Waals surface area contributed by atoms with Crippen molar-refractivity contribution >= 4 is 22.5 Å². The Morgan fingerprint density at radius 2 is 1.75 bits per heavy atom. The highest BCUT2D eigenvalue weighted by atomic mass is 16.5. The molecule has 6 heteroatoms. The van der Waals surface area contributed by atoms with E-state index in [0.29, 0.717) is 22.0 Å². The molecule has 0 saturated carbocycles. The van der Waals surface area contributed by atoms with E-state index in [0.717, 1.165) is 19.3 Å². The van der Waals surface area contributed by atoms with Crippen LogP contribution in [0.5, 0.6) is 0 Å². The van der Waals surface area contributed by atoms with Crippen LogP contribution >= 0.6 is 0 Å². The van der Waals surface area contributed by atoms with Crippen LogP contribution in [0.4, 0.5) is 0 Å². The first kappa shape index (κ1) is 18.1. The van der Waals surface area contributed by atoms with Gasteiger partial charge in [0.1, 0.15) is 0 Å². The summed E-state index contributed by atoms with van der Waals surface area (Å²) in [5.41, 5.74) is 3.20. The number of hydrogen-bond acceptors (Lipinski definition) is 5. The van der Waals surface area contributed by atoms with Gasteiger partial charge in [-0.3, -0.25) is 14.4 Å². The van der Waals surface area contributed by atoms with Gasteiger partial charge in [0.15, 0.2) is 12.4 Å². The molecule has 1 aliphatic rings. The van der Waals surface area contributed by atoms with E-state index in [1.807, 2.05) is 12.1 Å². The maximum atomic E-state index is 12.4. The molecular formula is C22H20N2O4. The Morgan fingerprint density at radius 1 is 1.00 bits per heavy atom. The molecular weight excluding hydrogens is 356 g/mol. The van der Waals surface area contributed by atoms with E-state index in [-0.39, 0.29) is 24.4 Å². The molecule has 0 saturated heterocycles. The minimum Gasteiger partial charge on any atom is -0.457 e. The van der Waals surface area contributed by atoms with Crippen LogP contribution in [0.15, 0.2) is 47.3 Å². The van der Waals surface area contributed by atoms with Gasteiger partial charge in [0.25, 0.3) is 5.56 Å². The highest BCUT2D eigenvalue weighted by Gasteiger charge is 2.16. The topological polar surface area (TPSA) is 89.1 Å². The van der Waals surface area contributed by atoms with Gasteiger partial charge in [0.2, 0.25) is 0 Å². The summed E-state index contributed by atoms with van der Waals surface area (Å²) < 4.78 is 5.16. The number of carbonyl (C=O) groups is 2. The van der Waals surface area contributed by atoms with Crippen molar-refractivity contribution in [2.45, 2.75) is 32.1 Å². The van der Waals surface area contributed by atoms with Crippen molar-refractivity contribution in [1.29, 1.82) is 0 Å². The molecule has 0 atom stereocenters. The Kier molecular flexibility index (Phi) is 5.02. The Hall–Kier alpha value is -3.28. The van der Waals surface area contributed by atoms with Gasteiger partial charge in [-0.1, -0.05) is 30.3 Å². The standard InChI is InChI=1S/C22H20N2O4/c25-20(16-10-9-14-5-1-2-6-15(14)11-16)13-28-21(26)12-19-17-7-3-4-8-18(17)22(27)24-23-19/h3-4,7-11H,1-2,5-6,12-13H2,(H,24,27). The molecule has 1 N–H and O–H groups in total. The third-order valence-corrected chi connectivity index (χ3v) is 5.12. The molecule has 28 heavy (non-hydrogen) atoms. The minimum absolute atomic E-state index is 0.116. The van der Waals surface area contributed by atoms with E-state index in [1.54, 1.807) is 30.3 Å². The predicted molar refractivity (Wildman–Crippen MR) is 104 cm³/mol. The van der Waals surface area contributed by atoms with E-state index in [2.05, 4.69) is 10.2 Å². The van der Waals surface area contributed by atoms with Crippen LogP contribution in [-0.2, 0) is 28.8 Å². The number of nitrogens with one attached hydrogen (secondary N) is 1. The monoisotopic (exact) mass is 376 g/mol. The minimum atomic E-state index is -0.559. The average molecular weight is 376 g/mol. The SMILES string of the molecule is O=C(Cc1n[nH]c(=O)c2ccccc12)OCC(=O)c1ccc2c(c1)CCCC2. The van der Waals surface area contributed by atoms with E-state index in [4.69, 9.17) is 4.74 Å². The second-order valence-corrected chi connectivity index (χ2v) is 7.00. The largest absolute Gasteiger partial charge is 0.457 e. The van der Waals surface area contributed by atoms with Crippen molar-refractivity contribution in [2.24, 2.45) is 0 Å². The van der Waals surface area contributed by atoms with Gasteiger partial charge in [-0.2, -0.15) is 5.10 Å². The average Bonchev–Trinajstić information content (AvgIpc) is 2.74. The van der Waals surface area contributed by atoms with E-state index in [1.165, 1.54) is 17.5 Å². The molecule has 0 aliphatic heterocycles. The molecule has 0 radical (unpaired) electrons. The number of rotatable bonds is 5. The highest BCUT2D eigenvalue weighted by Crippen LogP contribution is 2.22. The zero-order valence-electron chi connectivity index (χ0n) is 15.4. The van der Waals surface area contributed by atoms with Crippen molar-refractivity contribution in [1.82, 2.24) is 10.2 Å². The second-order valence-electron chi connectivity index (χ2n) is 7.00. The lowest BCUT2D eigenvalue weighted by Gasteiger charge is -2.16. The number of Topliss-reactive ketones (excluding diaryl/α,β-unsaturated/α-hetero) is 1. The smallest absolute Gasteiger partial charge is 0.312 e. The second kappa shape index (κ2) is 7.76. The molecule has 1 aliphatic carbocycles. The fraction of sp³-hybridized carbons (Fsp3) is 0.273. The molecule has 2 aromatic carbocycles. The van der Waals surface area contributed by atoms with Gasteiger partial charge in [-0.25, -0.2) is 5.10 Å². The lowest BCUT2D eigenvalue weighted by atomic mass is 9.90. The molecule has 4 rings (SSSR count). The first-order valence-corrected chi connectivity index (χ1v) is 9.39. The highest BCUT2D eigenvalue weighted by molar-refractivity contribution is 5.98. The Labute approximate surface area is 161 Å². The first-order chi connectivity index (χ1) is 13.6. The normalized spacial score (nSPS) is 13.1. The van der Waals surface area contributed by atoms with Crippen molar-refractivity contribution < 1.29 is 14.3 Å². The Morgan fingerprint density at radius 3 is 2.57 bits per heavy atom. The zero-order valence-corrected chi connectivity index (χ0v) is 15.4. The molecule has 0 amide bonds. The van der Waals surface area contributed by atoms with Gasteiger partial charge in [-0.15, -0.1) is 0 Å². The summed E-state index contributed by atoms with van der Waals surface area (Å²) in [7, 11) is 0. The predicted octanol–water partition coefficient (Wildman–Crippen LogP) is 2.77. The molecule has 0 unspecified atom stereocenters. The molecule has 1 aromatic heterocycles. The van der Waals surface area contributed by atoms with Crippen molar-refractivity contribution in [2.75, 3.05) is 6.61 Å². The third-order valence-electron chi connectivity index (χ3n) is 5.12. The molecule has 1 heterocycles. The van der Waals surface area contributed by atoms with Crippen LogP contribution in [0.2, 0.25) is 0 Å². The summed E-state index contributed by atoms with van der Waals surface area (Å²) in [6.07, 6.45) is 4.25. The van der Waals surface area contributed by atoms with E-state index < -0.39 is 5.97 Å². The summed E-state index contributed by atoms with van der Waals surface area (Å²) in [5.74, 6) is -0.781. The van der Waals surface area contributed by atoms with Crippen LogP contribution in [0.3, 0.4) is 0 Å². The molecule has 0 bridgehead atoms. The van der Waals surface area contributed by atoms with Crippen LogP contribution in [0.1, 0.15) is 40.0 Å². The van der Waals surface area contributed by atoms with Gasteiger partial charge in [-0.05, 0) is 48.9 Å². The number of hydrogen-bond donors (Lipinski definition) is 1. The zero-order chi connectivity index (χ0) is 19.5. The van der Waals surface area contributed by atoms with Crippen LogP contribution < -0.4 is 5.56 Å². The van der Waals surface area contributed by atoms with Crippen LogP contribution in [-0.4, -0.2) is 28.6 Å². The molecule has 0 spiro atoms. The Bertz CT molecular complexity index is 1120. The summed E-state index contributed by atoms with van der Waals surface area (Å²) in [4.78, 5) is 36.4. The summed E-state index contributed by atoms with van der Waals surface area (Å²) in [5, 5.41) is 7.41. The number of aromatic amines is 1.